The minimum absolute atomic E-state index is 0.186. The van der Waals surface area contributed by atoms with Crippen molar-refractivity contribution in [3.05, 3.63) is 56.9 Å². The molecule has 8 nitrogen and oxygen atoms in total. The van der Waals surface area contributed by atoms with Gasteiger partial charge in [0.05, 0.1) is 19.8 Å². The van der Waals surface area contributed by atoms with Crippen LogP contribution >= 0.6 is 0 Å². The van der Waals surface area contributed by atoms with E-state index in [1.807, 2.05) is 19.9 Å². The lowest BCUT2D eigenvalue weighted by molar-refractivity contribution is -0.122. The number of nitrogens with one attached hydrogen (secondary N) is 2. The van der Waals surface area contributed by atoms with Crippen molar-refractivity contribution in [2.24, 2.45) is 0 Å². The van der Waals surface area contributed by atoms with E-state index in [1.54, 1.807) is 19.2 Å². The molecule has 0 saturated carbocycles. The Morgan fingerprint density at radius 1 is 1.28 bits per heavy atom. The SMILES string of the molecule is CCOc1ccc(C(C)NC(=O)Cn2ccc(=O)[nH]c2=O)cc1OC. The van der Waals surface area contributed by atoms with Crippen LogP contribution in [0, 0.1) is 0 Å². The zero-order valence-electron chi connectivity index (χ0n) is 14.4. The van der Waals surface area contributed by atoms with Crippen molar-refractivity contribution in [2.45, 2.75) is 26.4 Å². The summed E-state index contributed by atoms with van der Waals surface area (Å²) >= 11 is 0. The van der Waals surface area contributed by atoms with Crippen LogP contribution in [0.1, 0.15) is 25.5 Å². The van der Waals surface area contributed by atoms with Crippen molar-refractivity contribution in [1.29, 1.82) is 0 Å². The maximum absolute atomic E-state index is 12.1. The Morgan fingerprint density at radius 3 is 2.68 bits per heavy atom. The van der Waals surface area contributed by atoms with Crippen LogP contribution in [0.25, 0.3) is 0 Å². The number of nitrogens with zero attached hydrogens (tertiary/aromatic N) is 1. The van der Waals surface area contributed by atoms with Gasteiger partial charge in [-0.1, -0.05) is 6.07 Å². The quantitative estimate of drug-likeness (QED) is 0.772. The average molecular weight is 347 g/mol. The first-order chi connectivity index (χ1) is 11.9. The van der Waals surface area contributed by atoms with Gasteiger partial charge < -0.3 is 14.8 Å². The Labute approximate surface area is 144 Å². The second-order valence-electron chi connectivity index (χ2n) is 5.37. The summed E-state index contributed by atoms with van der Waals surface area (Å²) in [4.78, 5) is 36.9. The molecule has 1 heterocycles. The maximum Gasteiger partial charge on any atom is 0.328 e. The molecule has 0 aliphatic heterocycles. The van der Waals surface area contributed by atoms with Crippen LogP contribution in [0.5, 0.6) is 11.5 Å². The standard InChI is InChI=1S/C17H21N3O5/c1-4-25-13-6-5-12(9-14(13)24-3)11(2)18-16(22)10-20-8-7-15(21)19-17(20)23/h5-9,11H,4,10H2,1-3H3,(H,18,22)(H,19,21,23). The molecule has 1 unspecified atom stereocenters. The van der Waals surface area contributed by atoms with Gasteiger partial charge in [-0.15, -0.1) is 0 Å². The van der Waals surface area contributed by atoms with E-state index < -0.39 is 11.2 Å². The molecular weight excluding hydrogens is 326 g/mol. The molecule has 1 atom stereocenters. The van der Waals surface area contributed by atoms with Gasteiger partial charge in [0.1, 0.15) is 6.54 Å². The fraction of sp³-hybridized carbons (Fsp3) is 0.353. The number of rotatable bonds is 7. The van der Waals surface area contributed by atoms with Gasteiger partial charge >= 0.3 is 5.69 Å². The zero-order chi connectivity index (χ0) is 18.4. The van der Waals surface area contributed by atoms with Crippen molar-refractivity contribution >= 4 is 5.91 Å². The summed E-state index contributed by atoms with van der Waals surface area (Å²) < 4.78 is 11.9. The van der Waals surface area contributed by atoms with Crippen LogP contribution in [0.4, 0.5) is 0 Å². The molecule has 0 bridgehead atoms. The second-order valence-corrected chi connectivity index (χ2v) is 5.37. The highest BCUT2D eigenvalue weighted by molar-refractivity contribution is 5.76. The normalized spacial score (nSPS) is 11.6. The van der Waals surface area contributed by atoms with E-state index >= 15 is 0 Å². The Morgan fingerprint density at radius 2 is 2.04 bits per heavy atom. The first-order valence-corrected chi connectivity index (χ1v) is 7.84. The zero-order valence-corrected chi connectivity index (χ0v) is 14.4. The minimum Gasteiger partial charge on any atom is -0.493 e. The van der Waals surface area contributed by atoms with Crippen LogP contribution in [0.3, 0.4) is 0 Å². The van der Waals surface area contributed by atoms with Crippen molar-refractivity contribution in [3.63, 3.8) is 0 Å². The molecule has 8 heteroatoms. The van der Waals surface area contributed by atoms with Gasteiger partial charge in [-0.05, 0) is 31.5 Å². The molecule has 0 aliphatic carbocycles. The van der Waals surface area contributed by atoms with Gasteiger partial charge in [0.25, 0.3) is 5.56 Å². The van der Waals surface area contributed by atoms with Gasteiger partial charge in [-0.2, -0.15) is 0 Å². The summed E-state index contributed by atoms with van der Waals surface area (Å²) in [5, 5.41) is 2.80. The monoisotopic (exact) mass is 347 g/mol. The first kappa shape index (κ1) is 18.3. The highest BCUT2D eigenvalue weighted by Crippen LogP contribution is 2.30. The number of hydrogen-bond acceptors (Lipinski definition) is 5. The molecule has 1 aromatic carbocycles. The Bertz CT molecular complexity index is 856. The molecule has 2 rings (SSSR count). The van der Waals surface area contributed by atoms with E-state index in [9.17, 15) is 14.4 Å². The number of carbonyl (C=O) groups is 1. The third-order valence-corrected chi connectivity index (χ3v) is 3.58. The predicted molar refractivity (Wildman–Crippen MR) is 92.0 cm³/mol. The number of ether oxygens (including phenoxy) is 2. The summed E-state index contributed by atoms with van der Waals surface area (Å²) in [6.45, 7) is 4.04. The molecule has 2 N–H and O–H groups in total. The molecule has 25 heavy (non-hydrogen) atoms. The summed E-state index contributed by atoms with van der Waals surface area (Å²) in [5.74, 6) is 0.860. The molecule has 2 aromatic rings. The highest BCUT2D eigenvalue weighted by Gasteiger charge is 2.13. The molecular formula is C17H21N3O5. The van der Waals surface area contributed by atoms with Crippen molar-refractivity contribution in [1.82, 2.24) is 14.9 Å². The number of aromatic amines is 1. The minimum atomic E-state index is -0.627. The van der Waals surface area contributed by atoms with Crippen LogP contribution < -0.4 is 26.0 Å². The smallest absolute Gasteiger partial charge is 0.328 e. The first-order valence-electron chi connectivity index (χ1n) is 7.84. The number of aromatic nitrogens is 2. The third-order valence-electron chi connectivity index (χ3n) is 3.58. The predicted octanol–water partition coefficient (Wildman–Crippen LogP) is 0.821. The summed E-state index contributed by atoms with van der Waals surface area (Å²) in [6, 6.07) is 6.31. The van der Waals surface area contributed by atoms with E-state index in [4.69, 9.17) is 9.47 Å². The largest absolute Gasteiger partial charge is 0.493 e. The highest BCUT2D eigenvalue weighted by atomic mass is 16.5. The Kier molecular flexibility index (Phi) is 5.99. The van der Waals surface area contributed by atoms with Crippen LogP contribution in [-0.2, 0) is 11.3 Å². The third kappa shape index (κ3) is 4.72. The van der Waals surface area contributed by atoms with Crippen LogP contribution in [0.2, 0.25) is 0 Å². The fourth-order valence-electron chi connectivity index (χ4n) is 2.32. The molecule has 0 saturated heterocycles. The number of carbonyl (C=O) groups excluding carboxylic acids is 1. The number of amides is 1. The van der Waals surface area contributed by atoms with E-state index in [0.717, 1.165) is 10.1 Å². The summed E-state index contributed by atoms with van der Waals surface area (Å²) in [5.41, 5.74) is -0.294. The molecule has 1 aromatic heterocycles. The maximum atomic E-state index is 12.1. The average Bonchev–Trinajstić information content (AvgIpc) is 2.58. The van der Waals surface area contributed by atoms with E-state index in [2.05, 4.69) is 10.3 Å². The molecule has 1 amide bonds. The van der Waals surface area contributed by atoms with Crippen molar-refractivity contribution in [3.8, 4) is 11.5 Å². The van der Waals surface area contributed by atoms with Crippen molar-refractivity contribution < 1.29 is 14.3 Å². The summed E-state index contributed by atoms with van der Waals surface area (Å²) in [6.07, 6.45) is 1.28. The fourth-order valence-corrected chi connectivity index (χ4v) is 2.32. The van der Waals surface area contributed by atoms with Gasteiger partial charge in [0.15, 0.2) is 11.5 Å². The number of benzene rings is 1. The van der Waals surface area contributed by atoms with E-state index in [0.29, 0.717) is 18.1 Å². The van der Waals surface area contributed by atoms with Crippen molar-refractivity contribution in [2.75, 3.05) is 13.7 Å². The van der Waals surface area contributed by atoms with E-state index in [-0.39, 0.29) is 18.5 Å². The Balaban J connectivity index is 2.08. The molecule has 0 aliphatic rings. The van der Waals surface area contributed by atoms with Gasteiger partial charge in [0.2, 0.25) is 5.91 Å². The topological polar surface area (TPSA) is 102 Å². The lowest BCUT2D eigenvalue weighted by atomic mass is 10.1. The van der Waals surface area contributed by atoms with Crippen LogP contribution in [0.15, 0.2) is 40.1 Å². The van der Waals surface area contributed by atoms with Gasteiger partial charge in [0, 0.05) is 12.3 Å². The molecule has 134 valence electrons. The van der Waals surface area contributed by atoms with Gasteiger partial charge in [-0.25, -0.2) is 4.79 Å². The molecule has 0 radical (unpaired) electrons. The number of H-pyrrole nitrogens is 1. The van der Waals surface area contributed by atoms with E-state index in [1.165, 1.54) is 12.3 Å². The summed E-state index contributed by atoms with van der Waals surface area (Å²) in [7, 11) is 1.55. The lowest BCUT2D eigenvalue weighted by Crippen LogP contribution is -2.36. The lowest BCUT2D eigenvalue weighted by Gasteiger charge is -2.17. The number of methoxy groups -OCH3 is 1. The molecule has 0 fully saturated rings. The Hall–Kier alpha value is -3.03. The van der Waals surface area contributed by atoms with Crippen LogP contribution in [-0.4, -0.2) is 29.2 Å². The molecule has 0 spiro atoms. The number of hydrogen-bond donors (Lipinski definition) is 2. The second kappa shape index (κ2) is 8.18. The van der Waals surface area contributed by atoms with Gasteiger partial charge in [-0.3, -0.25) is 19.1 Å².